The summed E-state index contributed by atoms with van der Waals surface area (Å²) in [7, 11) is 2.98. The van der Waals surface area contributed by atoms with E-state index < -0.39 is 11.2 Å². The van der Waals surface area contributed by atoms with Crippen molar-refractivity contribution in [2.45, 2.75) is 25.4 Å². The summed E-state index contributed by atoms with van der Waals surface area (Å²) in [5.74, 6) is -0.194. The highest BCUT2D eigenvalue weighted by atomic mass is 32.1. The number of fused-ring (bicyclic) bond motifs is 1. The molecule has 0 saturated carbocycles. The summed E-state index contributed by atoms with van der Waals surface area (Å²) in [5, 5.41) is 5.06. The first kappa shape index (κ1) is 19.6. The molecule has 4 heterocycles. The smallest absolute Gasteiger partial charge is 0.332 e. The van der Waals surface area contributed by atoms with Gasteiger partial charge >= 0.3 is 5.69 Å². The van der Waals surface area contributed by atoms with Crippen LogP contribution in [0, 0.1) is 0 Å². The predicted molar refractivity (Wildman–Crippen MR) is 111 cm³/mol. The number of nitrogens with one attached hydrogen (secondary N) is 1. The molecule has 9 nitrogen and oxygen atoms in total. The van der Waals surface area contributed by atoms with Gasteiger partial charge in [0, 0.05) is 25.5 Å². The number of aryl methyl sites for hydroxylation is 1. The van der Waals surface area contributed by atoms with Crippen molar-refractivity contribution >= 4 is 28.4 Å². The van der Waals surface area contributed by atoms with Crippen molar-refractivity contribution in [2.75, 3.05) is 19.6 Å². The predicted octanol–water partition coefficient (Wildman–Crippen LogP) is 0.449. The minimum atomic E-state index is -0.457. The van der Waals surface area contributed by atoms with Crippen LogP contribution in [0.25, 0.3) is 11.2 Å². The summed E-state index contributed by atoms with van der Waals surface area (Å²) in [5.41, 5.74) is -0.373. The van der Waals surface area contributed by atoms with Crippen molar-refractivity contribution in [3.8, 4) is 0 Å². The van der Waals surface area contributed by atoms with Gasteiger partial charge in [-0.3, -0.25) is 23.6 Å². The zero-order chi connectivity index (χ0) is 20.5. The van der Waals surface area contributed by atoms with Gasteiger partial charge in [-0.05, 0) is 37.4 Å². The number of hydrogen-bond donors (Lipinski definition) is 1. The maximum atomic E-state index is 12.6. The zero-order valence-electron chi connectivity index (χ0n) is 16.5. The molecule has 1 fully saturated rings. The van der Waals surface area contributed by atoms with Crippen LogP contribution in [-0.2, 0) is 25.4 Å². The number of amides is 1. The number of nitrogens with zero attached hydrogens (tertiary/aromatic N) is 5. The molecule has 0 unspecified atom stereocenters. The van der Waals surface area contributed by atoms with E-state index >= 15 is 0 Å². The van der Waals surface area contributed by atoms with Crippen molar-refractivity contribution in [1.82, 2.24) is 28.9 Å². The van der Waals surface area contributed by atoms with Crippen LogP contribution in [-0.4, -0.2) is 49.1 Å². The lowest BCUT2D eigenvalue weighted by Crippen LogP contribution is -2.39. The first-order chi connectivity index (χ1) is 14.0. The molecule has 4 rings (SSSR count). The highest BCUT2D eigenvalue weighted by Gasteiger charge is 2.25. The lowest BCUT2D eigenvalue weighted by atomic mass is 10.2. The van der Waals surface area contributed by atoms with Crippen LogP contribution in [0.1, 0.15) is 23.8 Å². The van der Waals surface area contributed by atoms with Gasteiger partial charge in [-0.1, -0.05) is 6.07 Å². The molecule has 0 spiro atoms. The summed E-state index contributed by atoms with van der Waals surface area (Å²) in [4.78, 5) is 45.0. The molecule has 1 saturated heterocycles. The number of thiophene rings is 1. The van der Waals surface area contributed by atoms with Crippen molar-refractivity contribution < 1.29 is 4.79 Å². The minimum absolute atomic E-state index is 0.0267. The quantitative estimate of drug-likeness (QED) is 0.630. The largest absolute Gasteiger partial charge is 0.353 e. The third kappa shape index (κ3) is 3.65. The maximum Gasteiger partial charge on any atom is 0.332 e. The third-order valence-electron chi connectivity index (χ3n) is 5.48. The van der Waals surface area contributed by atoms with Gasteiger partial charge in [0.25, 0.3) is 5.56 Å². The van der Waals surface area contributed by atoms with Gasteiger partial charge in [0.2, 0.25) is 5.91 Å². The van der Waals surface area contributed by atoms with Gasteiger partial charge in [0.05, 0.1) is 12.4 Å². The molecule has 1 aliphatic heterocycles. The van der Waals surface area contributed by atoms with Crippen LogP contribution < -0.4 is 16.6 Å². The Bertz CT molecular complexity index is 1140. The zero-order valence-corrected chi connectivity index (χ0v) is 17.3. The SMILES string of the molecule is Cn1c(=O)c2c(ncn2CC(=O)NC[C@H](c2cccs2)N2CCCC2)n(C)c1=O. The molecule has 1 N–H and O–H groups in total. The number of imidazole rings is 1. The van der Waals surface area contributed by atoms with E-state index in [-0.39, 0.29) is 29.7 Å². The Kier molecular flexibility index (Phi) is 5.37. The summed E-state index contributed by atoms with van der Waals surface area (Å²) < 4.78 is 3.84. The summed E-state index contributed by atoms with van der Waals surface area (Å²) in [6.07, 6.45) is 3.79. The second kappa shape index (κ2) is 7.96. The topological polar surface area (TPSA) is 94.2 Å². The Labute approximate surface area is 171 Å². The average Bonchev–Trinajstić information content (AvgIpc) is 3.47. The Hall–Kier alpha value is -2.72. The molecule has 0 aromatic carbocycles. The average molecular weight is 417 g/mol. The number of rotatable bonds is 6. The maximum absolute atomic E-state index is 12.6. The monoisotopic (exact) mass is 416 g/mol. The second-order valence-electron chi connectivity index (χ2n) is 7.33. The van der Waals surface area contributed by atoms with E-state index in [2.05, 4.69) is 26.6 Å². The van der Waals surface area contributed by atoms with Crippen molar-refractivity contribution in [1.29, 1.82) is 0 Å². The van der Waals surface area contributed by atoms with Crippen LogP contribution in [0.15, 0.2) is 33.4 Å². The number of carbonyl (C=O) groups is 1. The van der Waals surface area contributed by atoms with Gasteiger partial charge in [-0.25, -0.2) is 9.78 Å². The number of carbonyl (C=O) groups excluding carboxylic acids is 1. The molecule has 1 aliphatic rings. The normalized spacial score (nSPS) is 15.8. The molecule has 1 amide bonds. The Morgan fingerprint density at radius 3 is 2.69 bits per heavy atom. The van der Waals surface area contributed by atoms with E-state index in [9.17, 15) is 14.4 Å². The van der Waals surface area contributed by atoms with E-state index in [0.717, 1.165) is 17.7 Å². The Morgan fingerprint density at radius 2 is 2.00 bits per heavy atom. The summed E-state index contributed by atoms with van der Waals surface area (Å²) in [6, 6.07) is 4.30. The van der Waals surface area contributed by atoms with Crippen molar-refractivity contribution in [3.05, 3.63) is 49.6 Å². The summed E-state index contributed by atoms with van der Waals surface area (Å²) in [6.45, 7) is 2.56. The standard InChI is InChI=1S/C19H24N6O3S/c1-22-17-16(18(27)23(2)19(22)28)25(12-21-17)11-15(26)20-10-13(14-6-5-9-29-14)24-7-3-4-8-24/h5-6,9,12-13H,3-4,7-8,10-11H2,1-2H3,(H,20,26)/t13-/m1/s1. The van der Waals surface area contributed by atoms with E-state index in [1.165, 1.54) is 40.2 Å². The van der Waals surface area contributed by atoms with Gasteiger partial charge in [-0.15, -0.1) is 11.3 Å². The van der Waals surface area contributed by atoms with Crippen LogP contribution in [0.4, 0.5) is 0 Å². The number of hydrogen-bond acceptors (Lipinski definition) is 6. The van der Waals surface area contributed by atoms with E-state index in [1.807, 2.05) is 6.07 Å². The third-order valence-corrected chi connectivity index (χ3v) is 6.45. The first-order valence-electron chi connectivity index (χ1n) is 9.62. The molecule has 0 aliphatic carbocycles. The molecule has 0 radical (unpaired) electrons. The molecular formula is C19H24N6O3S. The highest BCUT2D eigenvalue weighted by molar-refractivity contribution is 7.10. The summed E-state index contributed by atoms with van der Waals surface area (Å²) >= 11 is 1.70. The van der Waals surface area contributed by atoms with Gasteiger partial charge < -0.3 is 9.88 Å². The van der Waals surface area contributed by atoms with Gasteiger partial charge in [0.15, 0.2) is 11.2 Å². The molecule has 1 atom stereocenters. The Balaban J connectivity index is 1.51. The van der Waals surface area contributed by atoms with Gasteiger partial charge in [0.1, 0.15) is 6.54 Å². The van der Waals surface area contributed by atoms with E-state index in [0.29, 0.717) is 6.54 Å². The molecule has 10 heteroatoms. The van der Waals surface area contributed by atoms with Crippen molar-refractivity contribution in [2.24, 2.45) is 14.1 Å². The lowest BCUT2D eigenvalue weighted by molar-refractivity contribution is -0.121. The first-order valence-corrected chi connectivity index (χ1v) is 10.5. The van der Waals surface area contributed by atoms with Crippen molar-refractivity contribution in [3.63, 3.8) is 0 Å². The fraction of sp³-hybridized carbons (Fsp3) is 0.474. The number of aromatic nitrogens is 4. The lowest BCUT2D eigenvalue weighted by Gasteiger charge is -2.27. The molecule has 154 valence electrons. The molecule has 3 aromatic rings. The molecule has 3 aromatic heterocycles. The Morgan fingerprint density at radius 1 is 1.24 bits per heavy atom. The van der Waals surface area contributed by atoms with E-state index in [4.69, 9.17) is 0 Å². The van der Waals surface area contributed by atoms with Crippen LogP contribution in [0.3, 0.4) is 0 Å². The molecular weight excluding hydrogens is 392 g/mol. The fourth-order valence-corrected chi connectivity index (χ4v) is 4.74. The van der Waals surface area contributed by atoms with Gasteiger partial charge in [-0.2, -0.15) is 0 Å². The molecule has 29 heavy (non-hydrogen) atoms. The van der Waals surface area contributed by atoms with Crippen LogP contribution in [0.5, 0.6) is 0 Å². The van der Waals surface area contributed by atoms with E-state index in [1.54, 1.807) is 18.4 Å². The minimum Gasteiger partial charge on any atom is -0.353 e. The fourth-order valence-electron chi connectivity index (χ4n) is 3.88. The molecule has 0 bridgehead atoms. The highest BCUT2D eigenvalue weighted by Crippen LogP contribution is 2.27. The number of likely N-dealkylation sites (tertiary alicyclic amines) is 1. The van der Waals surface area contributed by atoms with Crippen LogP contribution >= 0.6 is 11.3 Å². The van der Waals surface area contributed by atoms with Crippen LogP contribution in [0.2, 0.25) is 0 Å². The second-order valence-corrected chi connectivity index (χ2v) is 8.31.